The second-order valence-corrected chi connectivity index (χ2v) is 5.44. The van der Waals surface area contributed by atoms with E-state index in [4.69, 9.17) is 4.74 Å². The zero-order valence-corrected chi connectivity index (χ0v) is 13.1. The molecule has 0 heterocycles. The Morgan fingerprint density at radius 1 is 1.25 bits per heavy atom. The Morgan fingerprint density at radius 2 is 2.00 bits per heavy atom. The molecule has 0 aliphatic carbocycles. The van der Waals surface area contributed by atoms with Crippen LogP contribution in [0.5, 0.6) is 5.75 Å². The van der Waals surface area contributed by atoms with Crippen LogP contribution in [0.3, 0.4) is 0 Å². The summed E-state index contributed by atoms with van der Waals surface area (Å²) >= 11 is 3.27. The molecular formula is C16H17BrFNO. The maximum atomic E-state index is 14.0. The van der Waals surface area contributed by atoms with Crippen LogP contribution in [0.2, 0.25) is 0 Å². The van der Waals surface area contributed by atoms with Crippen molar-refractivity contribution in [2.75, 3.05) is 14.2 Å². The summed E-state index contributed by atoms with van der Waals surface area (Å²) in [7, 11) is 3.51. The molecular weight excluding hydrogens is 321 g/mol. The average Bonchev–Trinajstić information content (AvgIpc) is 2.46. The number of likely N-dealkylation sites (N-methyl/N-ethyl adjacent to an activating group) is 1. The molecule has 0 saturated carbocycles. The molecule has 4 heteroatoms. The van der Waals surface area contributed by atoms with E-state index < -0.39 is 0 Å². The molecule has 0 aromatic heterocycles. The van der Waals surface area contributed by atoms with Gasteiger partial charge in [0.1, 0.15) is 11.6 Å². The summed E-state index contributed by atoms with van der Waals surface area (Å²) in [4.78, 5) is 0. The van der Waals surface area contributed by atoms with E-state index in [1.807, 2.05) is 37.4 Å². The predicted octanol–water partition coefficient (Wildman–Crippen LogP) is 4.10. The molecule has 2 aromatic rings. The first-order valence-electron chi connectivity index (χ1n) is 6.39. The first kappa shape index (κ1) is 15.0. The van der Waals surface area contributed by atoms with Crippen molar-refractivity contribution in [3.63, 3.8) is 0 Å². The van der Waals surface area contributed by atoms with Gasteiger partial charge in [0, 0.05) is 16.1 Å². The van der Waals surface area contributed by atoms with Gasteiger partial charge in [-0.1, -0.05) is 40.2 Å². The van der Waals surface area contributed by atoms with Gasteiger partial charge in [-0.25, -0.2) is 4.39 Å². The fraction of sp³-hybridized carbons (Fsp3) is 0.250. The minimum Gasteiger partial charge on any atom is -0.496 e. The van der Waals surface area contributed by atoms with Gasteiger partial charge in [0.2, 0.25) is 0 Å². The van der Waals surface area contributed by atoms with Gasteiger partial charge < -0.3 is 10.1 Å². The third-order valence-electron chi connectivity index (χ3n) is 3.30. The molecule has 1 unspecified atom stereocenters. The first-order chi connectivity index (χ1) is 9.65. The van der Waals surface area contributed by atoms with Crippen LogP contribution >= 0.6 is 15.9 Å². The fourth-order valence-corrected chi connectivity index (χ4v) is 2.56. The summed E-state index contributed by atoms with van der Waals surface area (Å²) < 4.78 is 20.1. The van der Waals surface area contributed by atoms with Gasteiger partial charge in [0.05, 0.1) is 7.11 Å². The lowest BCUT2D eigenvalue weighted by molar-refractivity contribution is 0.400. The topological polar surface area (TPSA) is 21.3 Å². The van der Waals surface area contributed by atoms with Gasteiger partial charge in [-0.2, -0.15) is 0 Å². The van der Waals surface area contributed by atoms with Crippen molar-refractivity contribution in [2.24, 2.45) is 0 Å². The lowest BCUT2D eigenvalue weighted by Gasteiger charge is -2.19. The summed E-state index contributed by atoms with van der Waals surface area (Å²) in [6.07, 6.45) is 0.565. The Hall–Kier alpha value is -1.39. The van der Waals surface area contributed by atoms with Crippen LogP contribution in [0.1, 0.15) is 17.2 Å². The second-order valence-electron chi connectivity index (χ2n) is 4.52. The summed E-state index contributed by atoms with van der Waals surface area (Å²) in [5, 5.41) is 3.22. The Kier molecular flexibility index (Phi) is 5.15. The molecule has 0 amide bonds. The predicted molar refractivity (Wildman–Crippen MR) is 82.6 cm³/mol. The molecule has 1 N–H and O–H groups in total. The maximum absolute atomic E-state index is 14.0. The smallest absolute Gasteiger partial charge is 0.127 e. The van der Waals surface area contributed by atoms with Crippen LogP contribution in [0, 0.1) is 5.82 Å². The van der Waals surface area contributed by atoms with Crippen LogP contribution in [-0.4, -0.2) is 14.2 Å². The molecule has 20 heavy (non-hydrogen) atoms. The fourth-order valence-electron chi connectivity index (χ4n) is 2.23. The molecule has 0 aliphatic rings. The average molecular weight is 338 g/mol. The molecule has 106 valence electrons. The van der Waals surface area contributed by atoms with Gasteiger partial charge in [0.15, 0.2) is 0 Å². The van der Waals surface area contributed by atoms with Crippen molar-refractivity contribution in [1.82, 2.24) is 5.32 Å². The monoisotopic (exact) mass is 337 g/mol. The molecule has 2 nitrogen and oxygen atoms in total. The van der Waals surface area contributed by atoms with E-state index in [0.29, 0.717) is 12.0 Å². The SMILES string of the molecule is CNC(Cc1ccc(Br)cc1F)c1ccccc1OC. The number of halogens is 2. The maximum Gasteiger partial charge on any atom is 0.127 e. The van der Waals surface area contributed by atoms with Crippen molar-refractivity contribution in [3.8, 4) is 5.75 Å². The first-order valence-corrected chi connectivity index (χ1v) is 7.19. The van der Waals surface area contributed by atoms with E-state index >= 15 is 0 Å². The van der Waals surface area contributed by atoms with E-state index in [0.717, 1.165) is 15.8 Å². The van der Waals surface area contributed by atoms with Crippen LogP contribution in [0.25, 0.3) is 0 Å². The van der Waals surface area contributed by atoms with Crippen LogP contribution in [0.4, 0.5) is 4.39 Å². The van der Waals surface area contributed by atoms with Crippen LogP contribution < -0.4 is 10.1 Å². The van der Waals surface area contributed by atoms with Gasteiger partial charge in [-0.05, 0) is 37.2 Å². The van der Waals surface area contributed by atoms with Gasteiger partial charge >= 0.3 is 0 Å². The highest BCUT2D eigenvalue weighted by Gasteiger charge is 2.16. The van der Waals surface area contributed by atoms with Gasteiger partial charge in [-0.3, -0.25) is 0 Å². The van der Waals surface area contributed by atoms with Crippen LogP contribution in [0.15, 0.2) is 46.9 Å². The molecule has 2 rings (SSSR count). The Morgan fingerprint density at radius 3 is 2.65 bits per heavy atom. The number of benzene rings is 2. The van der Waals surface area contributed by atoms with Crippen LogP contribution in [-0.2, 0) is 6.42 Å². The molecule has 0 saturated heterocycles. The third kappa shape index (κ3) is 3.38. The molecule has 0 spiro atoms. The lowest BCUT2D eigenvalue weighted by atomic mass is 9.98. The highest BCUT2D eigenvalue weighted by molar-refractivity contribution is 9.10. The number of para-hydroxylation sites is 1. The van der Waals surface area contributed by atoms with Crippen molar-refractivity contribution in [2.45, 2.75) is 12.5 Å². The minimum atomic E-state index is -0.200. The van der Waals surface area contributed by atoms with E-state index in [1.54, 1.807) is 13.2 Å². The molecule has 0 fully saturated rings. The van der Waals surface area contributed by atoms with E-state index in [1.165, 1.54) is 6.07 Å². The molecule has 0 radical (unpaired) electrons. The molecule has 0 aliphatic heterocycles. The third-order valence-corrected chi connectivity index (χ3v) is 3.80. The summed E-state index contributed by atoms with van der Waals surface area (Å²) in [6.45, 7) is 0. The number of hydrogen-bond acceptors (Lipinski definition) is 2. The summed E-state index contributed by atoms with van der Waals surface area (Å²) in [5.74, 6) is 0.610. The summed E-state index contributed by atoms with van der Waals surface area (Å²) in [5.41, 5.74) is 1.71. The highest BCUT2D eigenvalue weighted by atomic mass is 79.9. The number of nitrogens with one attached hydrogen (secondary N) is 1. The second kappa shape index (κ2) is 6.86. The van der Waals surface area contributed by atoms with Crippen molar-refractivity contribution in [3.05, 3.63) is 63.9 Å². The summed E-state index contributed by atoms with van der Waals surface area (Å²) in [6, 6.07) is 12.9. The molecule has 0 bridgehead atoms. The number of hydrogen-bond donors (Lipinski definition) is 1. The lowest BCUT2D eigenvalue weighted by Crippen LogP contribution is -2.20. The largest absolute Gasteiger partial charge is 0.496 e. The number of rotatable bonds is 5. The zero-order valence-electron chi connectivity index (χ0n) is 11.5. The number of methoxy groups -OCH3 is 1. The molecule has 1 atom stereocenters. The quantitative estimate of drug-likeness (QED) is 0.886. The van der Waals surface area contributed by atoms with E-state index in [-0.39, 0.29) is 11.9 Å². The van der Waals surface area contributed by atoms with E-state index in [2.05, 4.69) is 21.2 Å². The molecule has 2 aromatic carbocycles. The minimum absolute atomic E-state index is 0.00169. The van der Waals surface area contributed by atoms with Crippen molar-refractivity contribution in [1.29, 1.82) is 0 Å². The van der Waals surface area contributed by atoms with Gasteiger partial charge in [-0.15, -0.1) is 0 Å². The normalized spacial score (nSPS) is 12.2. The van der Waals surface area contributed by atoms with Gasteiger partial charge in [0.25, 0.3) is 0 Å². The Balaban J connectivity index is 2.29. The number of ether oxygens (including phenoxy) is 1. The Bertz CT molecular complexity index is 588. The zero-order chi connectivity index (χ0) is 14.5. The standard InChI is InChI=1S/C16H17BrFNO/c1-19-15(13-5-3-4-6-16(13)20-2)9-11-7-8-12(17)10-14(11)18/h3-8,10,15,19H,9H2,1-2H3. The van der Waals surface area contributed by atoms with Crippen molar-refractivity contribution < 1.29 is 9.13 Å². The highest BCUT2D eigenvalue weighted by Crippen LogP contribution is 2.28. The van der Waals surface area contributed by atoms with E-state index in [9.17, 15) is 4.39 Å². The van der Waals surface area contributed by atoms with Crippen molar-refractivity contribution >= 4 is 15.9 Å². The Labute approximate surface area is 127 Å².